The highest BCUT2D eigenvalue weighted by Gasteiger charge is 2.49. The summed E-state index contributed by atoms with van der Waals surface area (Å²) in [7, 11) is 0. The fourth-order valence-electron chi connectivity index (χ4n) is 4.08. The molecule has 2 aromatic carbocycles. The van der Waals surface area contributed by atoms with Gasteiger partial charge in [0.25, 0.3) is 0 Å². The average molecular weight is 391 g/mol. The number of carbonyl (C=O) groups is 2. The highest BCUT2D eigenvalue weighted by atomic mass is 32.1. The molecule has 142 valence electrons. The summed E-state index contributed by atoms with van der Waals surface area (Å²) in [6, 6.07) is 16.0. The number of nitrogens with one attached hydrogen (secondary N) is 2. The van der Waals surface area contributed by atoms with E-state index in [0.29, 0.717) is 11.6 Å². The fraction of sp³-hybridized carbons (Fsp3) is 0.227. The van der Waals surface area contributed by atoms with E-state index in [0.717, 1.165) is 22.4 Å². The van der Waals surface area contributed by atoms with Crippen LogP contribution in [-0.4, -0.2) is 16.8 Å². The van der Waals surface area contributed by atoms with Crippen LogP contribution < -0.4 is 10.6 Å². The van der Waals surface area contributed by atoms with Gasteiger partial charge in [0, 0.05) is 30.1 Å². The number of hydrogen-bond acceptors (Lipinski definition) is 4. The van der Waals surface area contributed by atoms with Gasteiger partial charge in [-0.3, -0.25) is 9.59 Å². The molecule has 28 heavy (non-hydrogen) atoms. The number of benzene rings is 2. The predicted molar refractivity (Wildman–Crippen MR) is 112 cm³/mol. The van der Waals surface area contributed by atoms with Crippen molar-refractivity contribution in [2.45, 2.75) is 26.2 Å². The highest BCUT2D eigenvalue weighted by Crippen LogP contribution is 2.51. The first-order valence-electron chi connectivity index (χ1n) is 9.14. The molecule has 5 nitrogen and oxygen atoms in total. The zero-order valence-corrected chi connectivity index (χ0v) is 16.5. The number of rotatable bonds is 4. The number of nitrogens with zero attached hydrogens (tertiary/aromatic N) is 1. The van der Waals surface area contributed by atoms with Crippen LogP contribution in [0.5, 0.6) is 0 Å². The summed E-state index contributed by atoms with van der Waals surface area (Å²) in [6.07, 6.45) is 2.31. The van der Waals surface area contributed by atoms with Gasteiger partial charge in [0.2, 0.25) is 11.8 Å². The maximum atomic E-state index is 13.3. The lowest BCUT2D eigenvalue weighted by atomic mass is 9.73. The Labute approximate surface area is 167 Å². The fourth-order valence-corrected chi connectivity index (χ4v) is 4.60. The van der Waals surface area contributed by atoms with Crippen LogP contribution in [0.15, 0.2) is 60.1 Å². The summed E-state index contributed by atoms with van der Waals surface area (Å²) in [5.74, 6) is -0.274. The topological polar surface area (TPSA) is 71.1 Å². The highest BCUT2D eigenvalue weighted by molar-refractivity contribution is 7.13. The Hall–Kier alpha value is -2.99. The molecule has 0 fully saturated rings. The molecule has 0 bridgehead atoms. The Balaban J connectivity index is 1.77. The first-order valence-corrected chi connectivity index (χ1v) is 10.0. The number of aromatic nitrogens is 1. The standard InChI is InChI=1S/C22H21N3O2S/c1-14(26)24-17-9-8-16-13-22(2,20(27)25-21-23-10-11-28-21)19(18(16)12-17)15-6-4-3-5-7-15/h3-12,19H,13H2,1-2H3,(H,24,26)(H,23,25,27)/t19-,22+/m1/s1. The molecule has 1 aromatic heterocycles. The van der Waals surface area contributed by atoms with Crippen LogP contribution in [0.2, 0.25) is 0 Å². The summed E-state index contributed by atoms with van der Waals surface area (Å²) in [6.45, 7) is 3.50. The molecule has 1 aliphatic rings. The summed E-state index contributed by atoms with van der Waals surface area (Å²) < 4.78 is 0. The SMILES string of the molecule is CC(=O)Nc1ccc2c(c1)[C@@H](c1ccccc1)[C@@](C)(C(=O)Nc1nccs1)C2. The second kappa shape index (κ2) is 7.20. The number of carbonyl (C=O) groups excluding carboxylic acids is 2. The van der Waals surface area contributed by atoms with E-state index in [9.17, 15) is 9.59 Å². The van der Waals surface area contributed by atoms with Crippen molar-refractivity contribution in [2.24, 2.45) is 5.41 Å². The van der Waals surface area contributed by atoms with Crippen molar-refractivity contribution in [3.8, 4) is 0 Å². The van der Waals surface area contributed by atoms with E-state index in [4.69, 9.17) is 0 Å². The first kappa shape index (κ1) is 18.4. The average Bonchev–Trinajstić information content (AvgIpc) is 3.27. The van der Waals surface area contributed by atoms with Crippen LogP contribution in [0.25, 0.3) is 0 Å². The van der Waals surface area contributed by atoms with Gasteiger partial charge in [0.05, 0.1) is 5.41 Å². The molecule has 0 aliphatic heterocycles. The van der Waals surface area contributed by atoms with E-state index in [1.165, 1.54) is 18.3 Å². The first-order chi connectivity index (χ1) is 13.5. The van der Waals surface area contributed by atoms with Crippen LogP contribution in [-0.2, 0) is 16.0 Å². The molecule has 2 amide bonds. The number of fused-ring (bicyclic) bond motifs is 1. The van der Waals surface area contributed by atoms with E-state index >= 15 is 0 Å². The predicted octanol–water partition coefficient (Wildman–Crippen LogP) is 4.43. The van der Waals surface area contributed by atoms with Crippen LogP contribution in [0.1, 0.15) is 36.5 Å². The minimum atomic E-state index is -0.662. The normalized spacial score (nSPS) is 20.4. The van der Waals surface area contributed by atoms with E-state index in [2.05, 4.69) is 27.8 Å². The molecule has 0 radical (unpaired) electrons. The van der Waals surface area contributed by atoms with Crippen LogP contribution in [0, 0.1) is 5.41 Å². The minimum absolute atomic E-state index is 0.0476. The van der Waals surface area contributed by atoms with Crippen molar-refractivity contribution in [1.29, 1.82) is 0 Å². The molecule has 0 saturated carbocycles. The lowest BCUT2D eigenvalue weighted by molar-refractivity contribution is -0.125. The monoisotopic (exact) mass is 391 g/mol. The van der Waals surface area contributed by atoms with Gasteiger partial charge in [0.15, 0.2) is 5.13 Å². The van der Waals surface area contributed by atoms with Gasteiger partial charge >= 0.3 is 0 Å². The summed E-state index contributed by atoms with van der Waals surface area (Å²) in [5.41, 5.74) is 3.37. The summed E-state index contributed by atoms with van der Waals surface area (Å²) in [4.78, 5) is 29.0. The molecule has 3 aromatic rings. The molecule has 0 saturated heterocycles. The molecular weight excluding hydrogens is 370 g/mol. The molecule has 2 N–H and O–H groups in total. The maximum Gasteiger partial charge on any atom is 0.233 e. The quantitative estimate of drug-likeness (QED) is 0.691. The van der Waals surface area contributed by atoms with Gasteiger partial charge in [0.1, 0.15) is 0 Å². The van der Waals surface area contributed by atoms with Gasteiger partial charge in [-0.15, -0.1) is 11.3 Å². The molecule has 2 atom stereocenters. The summed E-state index contributed by atoms with van der Waals surface area (Å²) >= 11 is 1.41. The number of hydrogen-bond donors (Lipinski definition) is 2. The van der Waals surface area contributed by atoms with E-state index in [1.807, 2.05) is 48.7 Å². The third-order valence-corrected chi connectivity index (χ3v) is 5.96. The zero-order chi connectivity index (χ0) is 19.7. The van der Waals surface area contributed by atoms with Crippen molar-refractivity contribution in [1.82, 2.24) is 4.98 Å². The van der Waals surface area contributed by atoms with Gasteiger partial charge < -0.3 is 10.6 Å². The van der Waals surface area contributed by atoms with Gasteiger partial charge in [-0.25, -0.2) is 4.98 Å². The molecule has 0 unspecified atom stereocenters. The van der Waals surface area contributed by atoms with Gasteiger partial charge in [-0.2, -0.15) is 0 Å². The Kier molecular flexibility index (Phi) is 4.73. The Morgan fingerprint density at radius 3 is 2.61 bits per heavy atom. The third-order valence-electron chi connectivity index (χ3n) is 5.28. The largest absolute Gasteiger partial charge is 0.326 e. The van der Waals surface area contributed by atoms with E-state index in [-0.39, 0.29) is 17.7 Å². The third kappa shape index (κ3) is 3.31. The minimum Gasteiger partial charge on any atom is -0.326 e. The van der Waals surface area contributed by atoms with Crippen molar-refractivity contribution < 1.29 is 9.59 Å². The van der Waals surface area contributed by atoms with Crippen molar-refractivity contribution in [2.75, 3.05) is 10.6 Å². The molecule has 6 heteroatoms. The lowest BCUT2D eigenvalue weighted by Crippen LogP contribution is -2.37. The Morgan fingerprint density at radius 1 is 1.14 bits per heavy atom. The second-order valence-corrected chi connectivity index (χ2v) is 8.22. The van der Waals surface area contributed by atoms with Crippen molar-refractivity contribution >= 4 is 34.0 Å². The van der Waals surface area contributed by atoms with Crippen molar-refractivity contribution in [3.63, 3.8) is 0 Å². The van der Waals surface area contributed by atoms with E-state index < -0.39 is 5.41 Å². The Bertz CT molecular complexity index is 1020. The number of thiazole rings is 1. The molecule has 4 rings (SSSR count). The van der Waals surface area contributed by atoms with E-state index in [1.54, 1.807) is 6.20 Å². The molecular formula is C22H21N3O2S. The molecule has 1 heterocycles. The molecule has 0 spiro atoms. The lowest BCUT2D eigenvalue weighted by Gasteiger charge is -2.31. The zero-order valence-electron chi connectivity index (χ0n) is 15.7. The van der Waals surface area contributed by atoms with Gasteiger partial charge in [-0.05, 0) is 42.2 Å². The number of anilines is 2. The van der Waals surface area contributed by atoms with Crippen molar-refractivity contribution in [3.05, 3.63) is 76.8 Å². The van der Waals surface area contributed by atoms with Gasteiger partial charge in [-0.1, -0.05) is 36.4 Å². The summed E-state index contributed by atoms with van der Waals surface area (Å²) in [5, 5.41) is 8.28. The molecule has 1 aliphatic carbocycles. The number of amides is 2. The van der Waals surface area contributed by atoms with Crippen LogP contribution in [0.4, 0.5) is 10.8 Å². The smallest absolute Gasteiger partial charge is 0.233 e. The second-order valence-electron chi connectivity index (χ2n) is 7.32. The van der Waals surface area contributed by atoms with Crippen LogP contribution in [0.3, 0.4) is 0 Å². The Morgan fingerprint density at radius 2 is 1.93 bits per heavy atom. The maximum absolute atomic E-state index is 13.3. The van der Waals surface area contributed by atoms with Crippen LogP contribution >= 0.6 is 11.3 Å².